The van der Waals surface area contributed by atoms with Crippen LogP contribution < -0.4 is 5.32 Å². The molecule has 1 N–H and O–H groups in total. The van der Waals surface area contributed by atoms with Crippen LogP contribution in [0.1, 0.15) is 47.2 Å². The Labute approximate surface area is 246 Å². The first-order chi connectivity index (χ1) is 18.4. The van der Waals surface area contributed by atoms with Crippen LogP contribution in [0.4, 0.5) is 5.69 Å². The van der Waals surface area contributed by atoms with Crippen LogP contribution in [-0.4, -0.2) is 28.7 Å². The average Bonchev–Trinajstić information content (AvgIpc) is 3.17. The number of halogens is 3. The Balaban J connectivity index is 1.47. The monoisotopic (exact) mass is 624 g/mol. The molecule has 1 fully saturated rings. The number of hydrogen-bond donors (Lipinski definition) is 1. The zero-order valence-electron chi connectivity index (χ0n) is 21.9. The average molecular weight is 626 g/mol. The first-order valence-corrected chi connectivity index (χ1v) is 14.5. The molecule has 1 heterocycles. The number of amides is 3. The van der Waals surface area contributed by atoms with Gasteiger partial charge in [-0.2, -0.15) is 0 Å². The standard InChI is InChI=1S/C31H27BrCl2N2O3/c1-15(2)26(27(37)35-18-13-16(3)25(32)17(4)14-18)36-28(38)23-24(29(36)39)31(34)20-10-6-5-9-19(20)30(23,33)21-11-7-8-12-22(21)31/h5-15,23-24,26H,1-4H3,(H,35,37)/t23-,24+,26-,30?,31?/m0/s1. The Morgan fingerprint density at radius 2 is 1.23 bits per heavy atom. The molecule has 0 unspecified atom stereocenters. The number of nitrogens with one attached hydrogen (secondary N) is 1. The summed E-state index contributed by atoms with van der Waals surface area (Å²) in [6.45, 7) is 7.54. The molecule has 3 atom stereocenters. The fourth-order valence-electron chi connectivity index (χ4n) is 6.92. The van der Waals surface area contributed by atoms with Crippen LogP contribution >= 0.6 is 39.1 Å². The van der Waals surface area contributed by atoms with E-state index in [1.807, 2.05) is 88.4 Å². The molecule has 0 radical (unpaired) electrons. The van der Waals surface area contributed by atoms with E-state index in [0.717, 1.165) is 42.8 Å². The molecule has 3 aliphatic carbocycles. The molecule has 200 valence electrons. The molecule has 3 aromatic rings. The number of imide groups is 1. The van der Waals surface area contributed by atoms with Gasteiger partial charge in [0.05, 0.1) is 11.8 Å². The van der Waals surface area contributed by atoms with E-state index in [9.17, 15) is 14.4 Å². The van der Waals surface area contributed by atoms with Gasteiger partial charge in [0.15, 0.2) is 0 Å². The van der Waals surface area contributed by atoms with Gasteiger partial charge in [-0.1, -0.05) is 78.3 Å². The van der Waals surface area contributed by atoms with Crippen molar-refractivity contribution in [3.05, 3.63) is 98.5 Å². The van der Waals surface area contributed by atoms with E-state index in [2.05, 4.69) is 21.2 Å². The highest BCUT2D eigenvalue weighted by atomic mass is 79.9. The Bertz CT molecular complexity index is 1440. The van der Waals surface area contributed by atoms with Crippen molar-refractivity contribution in [3.8, 4) is 0 Å². The van der Waals surface area contributed by atoms with Crippen molar-refractivity contribution in [3.63, 3.8) is 0 Å². The number of anilines is 1. The van der Waals surface area contributed by atoms with E-state index in [0.29, 0.717) is 5.69 Å². The maximum atomic E-state index is 14.3. The van der Waals surface area contributed by atoms with E-state index >= 15 is 0 Å². The number of carbonyl (C=O) groups excluding carboxylic acids is 3. The molecular weight excluding hydrogens is 599 g/mol. The number of carbonyl (C=O) groups is 3. The summed E-state index contributed by atoms with van der Waals surface area (Å²) in [5.74, 6) is -3.60. The molecule has 39 heavy (non-hydrogen) atoms. The van der Waals surface area contributed by atoms with Crippen molar-refractivity contribution >= 4 is 62.5 Å². The van der Waals surface area contributed by atoms with Crippen LogP contribution in [0, 0.1) is 31.6 Å². The number of nitrogens with zero attached hydrogens (tertiary/aromatic N) is 1. The van der Waals surface area contributed by atoms with Crippen molar-refractivity contribution < 1.29 is 14.4 Å². The second-order valence-electron chi connectivity index (χ2n) is 11.1. The van der Waals surface area contributed by atoms with E-state index in [4.69, 9.17) is 23.2 Å². The molecule has 2 bridgehead atoms. The van der Waals surface area contributed by atoms with Gasteiger partial charge < -0.3 is 5.32 Å². The van der Waals surface area contributed by atoms with Gasteiger partial charge in [0, 0.05) is 10.2 Å². The van der Waals surface area contributed by atoms with Gasteiger partial charge in [0.1, 0.15) is 15.8 Å². The summed E-state index contributed by atoms with van der Waals surface area (Å²) in [5.41, 5.74) is 5.46. The quantitative estimate of drug-likeness (QED) is 0.262. The van der Waals surface area contributed by atoms with E-state index in [-0.39, 0.29) is 5.92 Å². The third kappa shape index (κ3) is 3.41. The van der Waals surface area contributed by atoms with Crippen LogP contribution in [0.25, 0.3) is 0 Å². The van der Waals surface area contributed by atoms with Crippen molar-refractivity contribution in [1.29, 1.82) is 0 Å². The predicted molar refractivity (Wildman–Crippen MR) is 156 cm³/mol. The summed E-state index contributed by atoms with van der Waals surface area (Å²) in [7, 11) is 0. The lowest BCUT2D eigenvalue weighted by atomic mass is 9.54. The number of rotatable bonds is 4. The zero-order chi connectivity index (χ0) is 28.0. The largest absolute Gasteiger partial charge is 0.324 e. The summed E-state index contributed by atoms with van der Waals surface area (Å²) in [6, 6.07) is 17.7. The lowest BCUT2D eigenvalue weighted by Gasteiger charge is -2.54. The van der Waals surface area contributed by atoms with Crippen LogP contribution in [0.5, 0.6) is 0 Å². The van der Waals surface area contributed by atoms with Crippen LogP contribution in [0.15, 0.2) is 65.1 Å². The zero-order valence-corrected chi connectivity index (χ0v) is 25.0. The van der Waals surface area contributed by atoms with Crippen molar-refractivity contribution in [2.45, 2.75) is 43.5 Å². The topological polar surface area (TPSA) is 66.5 Å². The highest BCUT2D eigenvalue weighted by Crippen LogP contribution is 2.69. The van der Waals surface area contributed by atoms with Gasteiger partial charge in [-0.05, 0) is 65.3 Å². The molecule has 7 rings (SSSR count). The summed E-state index contributed by atoms with van der Waals surface area (Å²) in [5, 5.41) is 2.95. The maximum absolute atomic E-state index is 14.3. The lowest BCUT2D eigenvalue weighted by Crippen LogP contribution is -2.57. The minimum Gasteiger partial charge on any atom is -0.324 e. The number of likely N-dealkylation sites (tertiary alicyclic amines) is 1. The molecule has 1 saturated heterocycles. The van der Waals surface area contributed by atoms with Gasteiger partial charge in [-0.25, -0.2) is 0 Å². The molecular formula is C31H27BrCl2N2O3. The van der Waals surface area contributed by atoms with Gasteiger partial charge >= 0.3 is 0 Å². The second-order valence-corrected chi connectivity index (χ2v) is 13.1. The second kappa shape index (κ2) is 8.92. The highest BCUT2D eigenvalue weighted by molar-refractivity contribution is 9.10. The molecule has 0 saturated carbocycles. The van der Waals surface area contributed by atoms with Gasteiger partial charge in [-0.15, -0.1) is 23.2 Å². The molecule has 1 aliphatic heterocycles. The Morgan fingerprint density at radius 1 is 0.846 bits per heavy atom. The predicted octanol–water partition coefficient (Wildman–Crippen LogP) is 6.62. The van der Waals surface area contributed by atoms with E-state index in [1.165, 1.54) is 0 Å². The molecule has 8 heteroatoms. The third-order valence-corrected chi connectivity index (χ3v) is 11.0. The maximum Gasteiger partial charge on any atom is 0.247 e. The van der Waals surface area contributed by atoms with Gasteiger partial charge in [0.2, 0.25) is 17.7 Å². The molecule has 3 aromatic carbocycles. The van der Waals surface area contributed by atoms with Gasteiger partial charge in [-0.3, -0.25) is 19.3 Å². The third-order valence-electron chi connectivity index (χ3n) is 8.50. The summed E-state index contributed by atoms with van der Waals surface area (Å²) < 4.78 is 0.962. The minimum absolute atomic E-state index is 0.351. The smallest absolute Gasteiger partial charge is 0.247 e. The summed E-state index contributed by atoms with van der Waals surface area (Å²) in [6.07, 6.45) is 0. The number of benzene rings is 3. The van der Waals surface area contributed by atoms with E-state index < -0.39 is 45.3 Å². The highest BCUT2D eigenvalue weighted by Gasteiger charge is 2.73. The minimum atomic E-state index is -1.28. The number of alkyl halides is 2. The van der Waals surface area contributed by atoms with Crippen LogP contribution in [0.2, 0.25) is 0 Å². The number of hydrogen-bond acceptors (Lipinski definition) is 3. The fraction of sp³-hybridized carbons (Fsp3) is 0.323. The molecule has 0 spiro atoms. The Morgan fingerprint density at radius 3 is 1.59 bits per heavy atom. The Hall–Kier alpha value is -2.67. The Kier molecular flexibility index (Phi) is 6.07. The first-order valence-electron chi connectivity index (χ1n) is 13.0. The molecule has 5 nitrogen and oxygen atoms in total. The molecule has 0 aromatic heterocycles. The van der Waals surface area contributed by atoms with Crippen LogP contribution in [0.3, 0.4) is 0 Å². The van der Waals surface area contributed by atoms with Crippen molar-refractivity contribution in [1.82, 2.24) is 4.90 Å². The van der Waals surface area contributed by atoms with Crippen molar-refractivity contribution in [2.75, 3.05) is 5.32 Å². The summed E-state index contributed by atoms with van der Waals surface area (Å²) >= 11 is 18.6. The van der Waals surface area contributed by atoms with Crippen LogP contribution in [-0.2, 0) is 24.1 Å². The van der Waals surface area contributed by atoms with E-state index in [1.54, 1.807) is 0 Å². The SMILES string of the molecule is Cc1cc(NC(=O)[C@H](C(C)C)N2C(=O)[C@@H]3[C@H](C2=O)C2(Cl)c4ccccc4C3(Cl)c3ccccc32)cc(C)c1Br. The first kappa shape index (κ1) is 26.5. The molecule has 4 aliphatic rings. The van der Waals surface area contributed by atoms with Crippen molar-refractivity contribution in [2.24, 2.45) is 17.8 Å². The normalized spacial score (nSPS) is 27.3. The number of aryl methyl sites for hydroxylation is 2. The van der Waals surface area contributed by atoms with Gasteiger partial charge in [0.25, 0.3) is 0 Å². The fourth-order valence-corrected chi connectivity index (χ4v) is 8.24. The molecule has 3 amide bonds. The summed E-state index contributed by atoms with van der Waals surface area (Å²) in [4.78, 5) is 41.0. The lowest BCUT2D eigenvalue weighted by molar-refractivity contribution is -0.148.